The lowest BCUT2D eigenvalue weighted by atomic mass is 10.2. The molecule has 0 saturated carbocycles. The van der Waals surface area contributed by atoms with Crippen LogP contribution >= 0.6 is 30.1 Å². The minimum absolute atomic E-state index is 0.0876. The molecule has 0 spiro atoms. The van der Waals surface area contributed by atoms with Gasteiger partial charge in [-0.1, -0.05) is 182 Å². The van der Waals surface area contributed by atoms with Gasteiger partial charge in [-0.25, -0.2) is 80.2 Å². The molecule has 0 radical (unpaired) electrons. The van der Waals surface area contributed by atoms with Crippen LogP contribution in [0.4, 0.5) is 23.3 Å². The Morgan fingerprint density at radius 3 is 0.754 bits per heavy atom. The van der Waals surface area contributed by atoms with Crippen molar-refractivity contribution in [3.63, 3.8) is 0 Å². The highest BCUT2D eigenvalue weighted by molar-refractivity contribution is 7.57. The van der Waals surface area contributed by atoms with Crippen molar-refractivity contribution >= 4 is 122 Å². The molecule has 0 aliphatic carbocycles. The van der Waals surface area contributed by atoms with Crippen molar-refractivity contribution in [2.45, 2.75) is 184 Å². The molecule has 0 aliphatic rings. The van der Waals surface area contributed by atoms with Gasteiger partial charge in [0, 0.05) is 0 Å². The number of nitrogens with one attached hydrogen (secondary N) is 4. The molecule has 6 aromatic carbocycles. The van der Waals surface area contributed by atoms with Crippen LogP contribution in [0.3, 0.4) is 0 Å². The summed E-state index contributed by atoms with van der Waals surface area (Å²) in [5.41, 5.74) is 32.8. The van der Waals surface area contributed by atoms with E-state index in [1.54, 1.807) is 85.1 Å². The van der Waals surface area contributed by atoms with Gasteiger partial charge in [0.05, 0.1) is 115 Å². The number of carbonyl (C=O) groups is 4. The number of ether oxygens (including phenoxy) is 8. The first kappa shape index (κ1) is 109. The zero-order valence-electron chi connectivity index (χ0n) is 80.3. The molecule has 14 rings (SSSR count). The molecule has 756 valence electrons. The van der Waals surface area contributed by atoms with E-state index < -0.39 is 66.0 Å². The number of benzene rings is 6. The summed E-state index contributed by atoms with van der Waals surface area (Å²) in [6.45, 7) is 19.0. The number of hydrogen-bond acceptors (Lipinski definition) is 36. The lowest BCUT2D eigenvalue weighted by molar-refractivity contribution is -0.149. The first-order valence-electron chi connectivity index (χ1n) is 45.2. The Hall–Kier alpha value is -13.0. The molecule has 0 fully saturated rings. The maximum absolute atomic E-state index is 13.6. The number of esters is 4. The van der Waals surface area contributed by atoms with Crippen LogP contribution in [0.2, 0.25) is 0 Å². The third-order valence-corrected chi connectivity index (χ3v) is 27.4. The summed E-state index contributed by atoms with van der Waals surface area (Å²) >= 11 is 0. The van der Waals surface area contributed by atoms with E-state index in [-0.39, 0.29) is 115 Å². The summed E-state index contributed by atoms with van der Waals surface area (Å²) in [5.74, 6) is -0.975. The average molecular weight is 2030 g/mol. The molecule has 10 atom stereocenters. The van der Waals surface area contributed by atoms with Crippen molar-refractivity contribution in [2.24, 2.45) is 0 Å². The Labute approximate surface area is 820 Å². The first-order valence-corrected chi connectivity index (χ1v) is 52.5. The van der Waals surface area contributed by atoms with Crippen molar-refractivity contribution in [3.05, 3.63) is 266 Å². The summed E-state index contributed by atoms with van der Waals surface area (Å²) in [7, 11) is -14.3. The zero-order chi connectivity index (χ0) is 102. The van der Waals surface area contributed by atoms with Gasteiger partial charge in [-0.3, -0.25) is 37.4 Å². The topological polar surface area (TPSA) is 574 Å². The van der Waals surface area contributed by atoms with Gasteiger partial charge in [0.15, 0.2) is 45.9 Å². The first-order chi connectivity index (χ1) is 68.2. The standard InChI is InChI=1S/2C25H29N6O5P.2C22H31N6O5P/c2*1-19(13-31-17-29-23-24(26)27-16-28-25(23)31)35-18-37(33,36-15-21-10-6-3-7-11-21)30-12-22(32)34-14-20-8-4-2-5-9-20;2*1-15(2)33-22(29)17(4)27-34(30,32-11-18-8-6-5-7-9-18)14-31-16(3)10-28-13-26-19-20(23)24-12-25-21(19)28/h2*2-11,16-17,19H,12-15,18H2,1H3,(H,30,33)(H2,26,27,28);2*5-9,12-13,15-17H,10-11,14H2,1-4H3,(H,27,30)(H2,23,24,25)/t19-,37+;19-,37-;16-,17+,34+;16-,17+,34-/m1111/s1. The summed E-state index contributed by atoms with van der Waals surface area (Å²) < 4.78 is 129. The van der Waals surface area contributed by atoms with Crippen molar-refractivity contribution in [2.75, 3.05) is 61.4 Å². The molecule has 0 amide bonds. The number of nitrogens with zero attached hydrogens (tertiary/aromatic N) is 16. The number of rotatable bonds is 50. The van der Waals surface area contributed by atoms with Crippen LogP contribution in [0.15, 0.2) is 233 Å². The molecule has 0 unspecified atom stereocenters. The second kappa shape index (κ2) is 54.3. The van der Waals surface area contributed by atoms with Gasteiger partial charge in [0.2, 0.25) is 0 Å². The molecule has 0 bridgehead atoms. The lowest BCUT2D eigenvalue weighted by Gasteiger charge is -2.25. The Bertz CT molecular complexity index is 6140. The Kier molecular flexibility index (Phi) is 41.9. The lowest BCUT2D eigenvalue weighted by Crippen LogP contribution is -2.36. The smallest absolute Gasteiger partial charge is 0.323 e. The second-order valence-corrected chi connectivity index (χ2v) is 41.7. The average Bonchev–Trinajstić information content (AvgIpc) is 1.67. The van der Waals surface area contributed by atoms with Gasteiger partial charge in [-0.2, -0.15) is 0 Å². The molecule has 0 aliphatic heterocycles. The third kappa shape index (κ3) is 35.3. The molecule has 14 aromatic rings. The van der Waals surface area contributed by atoms with Crippen molar-refractivity contribution in [1.82, 2.24) is 98.4 Å². The molecule has 48 heteroatoms. The van der Waals surface area contributed by atoms with Crippen LogP contribution in [0.5, 0.6) is 0 Å². The molecule has 0 saturated heterocycles. The maximum atomic E-state index is 13.6. The molecule has 12 N–H and O–H groups in total. The molecular weight excluding hydrogens is 1910 g/mol. The monoisotopic (exact) mass is 2030 g/mol. The molecular formula is C94H120N24O20P4. The zero-order valence-corrected chi connectivity index (χ0v) is 83.9. The molecule has 142 heavy (non-hydrogen) atoms. The normalized spacial score (nSPS) is 14.5. The number of nitrogens with two attached hydrogens (primary N) is 4. The van der Waals surface area contributed by atoms with Gasteiger partial charge in [0.1, 0.15) is 111 Å². The highest BCUT2D eigenvalue weighted by atomic mass is 31.2. The number of nitrogen functional groups attached to an aromatic ring is 4. The third-order valence-electron chi connectivity index (χ3n) is 20.4. The van der Waals surface area contributed by atoms with E-state index in [2.05, 4.69) is 80.2 Å². The molecule has 8 heterocycles. The maximum Gasteiger partial charge on any atom is 0.323 e. The molecule has 8 aromatic heterocycles. The molecule has 44 nitrogen and oxygen atoms in total. The summed E-state index contributed by atoms with van der Waals surface area (Å²) in [6.07, 6.45) is 8.79. The number of imidazole rings is 4. The van der Waals surface area contributed by atoms with Crippen LogP contribution in [0.25, 0.3) is 44.7 Å². The van der Waals surface area contributed by atoms with Crippen LogP contribution in [0.1, 0.15) is 103 Å². The number of anilines is 4. The summed E-state index contributed by atoms with van der Waals surface area (Å²) in [4.78, 5) is 98.8. The number of fused-ring (bicyclic) bond motifs is 4. The highest BCUT2D eigenvalue weighted by Crippen LogP contribution is 2.48. The van der Waals surface area contributed by atoms with Gasteiger partial charge in [-0.05, 0) is 103 Å². The fraction of sp³-hybridized carbons (Fsp3) is 0.362. The van der Waals surface area contributed by atoms with Crippen molar-refractivity contribution in [3.8, 4) is 0 Å². The SMILES string of the molecule is CC(C)OC(=O)[C@H](C)N[P@@](=O)(CO[C@H](C)Cn1cnc2c(N)ncnc21)OCc1ccccc1.CC(C)OC(=O)[C@H](C)N[P@](=O)(CO[C@H](C)Cn1cnc2c(N)ncnc21)OCc1ccccc1.C[C@H](Cn1cnc2c(N)ncnc21)OC[P@@](=O)(NCC(=O)OCc1ccccc1)OCc1ccccc1.C[C@H](Cn1cnc2c(N)ncnc21)OC[P@](=O)(NCC(=O)OCc1ccccc1)OCc1ccccc1. The fourth-order valence-electron chi connectivity index (χ4n) is 13.2. The summed E-state index contributed by atoms with van der Waals surface area (Å²) in [6, 6.07) is 54.3. The van der Waals surface area contributed by atoms with Crippen LogP contribution in [-0.2, 0) is 159 Å². The predicted molar refractivity (Wildman–Crippen MR) is 532 cm³/mol. The quantitative estimate of drug-likeness (QED) is 0.00997. The minimum atomic E-state index is -3.58. The minimum Gasteiger partial charge on any atom is -0.462 e. The van der Waals surface area contributed by atoms with E-state index in [1.807, 2.05) is 210 Å². The van der Waals surface area contributed by atoms with Gasteiger partial charge < -0.3 is 97.2 Å². The van der Waals surface area contributed by atoms with E-state index in [0.29, 0.717) is 94.1 Å². The van der Waals surface area contributed by atoms with E-state index in [9.17, 15) is 37.4 Å². The van der Waals surface area contributed by atoms with E-state index >= 15 is 0 Å². The van der Waals surface area contributed by atoms with E-state index in [1.165, 1.54) is 25.3 Å². The van der Waals surface area contributed by atoms with Gasteiger partial charge >= 0.3 is 23.9 Å². The van der Waals surface area contributed by atoms with Crippen molar-refractivity contribution < 1.29 is 93.4 Å². The summed E-state index contributed by atoms with van der Waals surface area (Å²) in [5, 5.41) is 11.1. The number of hydrogen-bond donors (Lipinski definition) is 8. The van der Waals surface area contributed by atoms with Crippen LogP contribution in [-0.4, -0.2) is 189 Å². The Morgan fingerprint density at radius 2 is 0.521 bits per heavy atom. The largest absolute Gasteiger partial charge is 0.462 e. The van der Waals surface area contributed by atoms with Crippen molar-refractivity contribution in [1.29, 1.82) is 0 Å². The van der Waals surface area contributed by atoms with Crippen LogP contribution < -0.4 is 43.3 Å². The van der Waals surface area contributed by atoms with Gasteiger partial charge in [0.25, 0.3) is 30.1 Å². The van der Waals surface area contributed by atoms with Gasteiger partial charge in [-0.15, -0.1) is 0 Å². The Morgan fingerprint density at radius 1 is 0.303 bits per heavy atom. The highest BCUT2D eigenvalue weighted by Gasteiger charge is 2.35. The second-order valence-electron chi connectivity index (χ2n) is 33.1. The Balaban J connectivity index is 0.000000181. The fourth-order valence-corrected chi connectivity index (χ4v) is 19.5. The predicted octanol–water partition coefficient (Wildman–Crippen LogP) is 13.2. The number of carbonyl (C=O) groups excluding carboxylic acids is 4. The van der Waals surface area contributed by atoms with E-state index in [4.69, 9.17) is 78.9 Å². The van der Waals surface area contributed by atoms with Crippen LogP contribution in [0, 0.1) is 0 Å². The van der Waals surface area contributed by atoms with E-state index in [0.717, 1.165) is 33.4 Å². The number of aromatic nitrogens is 16.